The van der Waals surface area contributed by atoms with Gasteiger partial charge in [0, 0.05) is 18.7 Å². The van der Waals surface area contributed by atoms with Gasteiger partial charge in [0.2, 0.25) is 10.0 Å². The van der Waals surface area contributed by atoms with Crippen LogP contribution in [0.1, 0.15) is 51.4 Å². The molecule has 2 aliphatic rings. The minimum absolute atomic E-state index is 0.312. The Morgan fingerprint density at radius 1 is 1.16 bits per heavy atom. The normalized spacial score (nSPS) is 28.8. The first-order chi connectivity index (χ1) is 9.02. The second-order valence-corrected chi connectivity index (χ2v) is 8.03. The largest absolute Gasteiger partial charge is 0.380 e. The maximum atomic E-state index is 12.2. The molecule has 0 aromatic heterocycles. The molecule has 0 amide bonds. The molecule has 1 saturated heterocycles. The third kappa shape index (κ3) is 4.41. The monoisotopic (exact) mass is 290 g/mol. The van der Waals surface area contributed by atoms with Crippen LogP contribution in [0.4, 0.5) is 0 Å². The summed E-state index contributed by atoms with van der Waals surface area (Å²) in [6.45, 7) is 1.35. The Bertz CT molecular complexity index is 369. The third-order valence-corrected chi connectivity index (χ3v) is 6.08. The van der Waals surface area contributed by atoms with Crippen LogP contribution in [0.2, 0.25) is 0 Å². The summed E-state index contributed by atoms with van der Waals surface area (Å²) >= 11 is 0. The van der Waals surface area contributed by atoms with Gasteiger partial charge >= 0.3 is 0 Å². The van der Waals surface area contributed by atoms with Crippen LogP contribution in [-0.4, -0.2) is 39.0 Å². The smallest absolute Gasteiger partial charge is 0.216 e. The van der Waals surface area contributed by atoms with Crippen molar-refractivity contribution in [2.45, 2.75) is 62.2 Å². The van der Waals surface area contributed by atoms with Crippen molar-refractivity contribution in [1.29, 1.82) is 0 Å². The van der Waals surface area contributed by atoms with Gasteiger partial charge in [-0.15, -0.1) is 0 Å². The van der Waals surface area contributed by atoms with E-state index in [0.29, 0.717) is 26.2 Å². The van der Waals surface area contributed by atoms with Gasteiger partial charge in [-0.3, -0.25) is 0 Å². The van der Waals surface area contributed by atoms with Crippen LogP contribution < -0.4 is 10.5 Å². The summed E-state index contributed by atoms with van der Waals surface area (Å²) in [6.07, 6.45) is 7.96. The van der Waals surface area contributed by atoms with E-state index in [9.17, 15) is 8.42 Å². The summed E-state index contributed by atoms with van der Waals surface area (Å²) in [4.78, 5) is 0. The predicted molar refractivity (Wildman–Crippen MR) is 75.4 cm³/mol. The molecule has 3 N–H and O–H groups in total. The van der Waals surface area contributed by atoms with Gasteiger partial charge in [0.25, 0.3) is 0 Å². The van der Waals surface area contributed by atoms with Crippen molar-refractivity contribution in [3.05, 3.63) is 0 Å². The van der Waals surface area contributed by atoms with Crippen molar-refractivity contribution in [2.75, 3.05) is 19.8 Å². The molecule has 1 aliphatic carbocycles. The Morgan fingerprint density at radius 3 is 2.42 bits per heavy atom. The number of ether oxygens (including phenoxy) is 1. The average Bonchev–Trinajstić information content (AvgIpc) is 2.63. The van der Waals surface area contributed by atoms with E-state index in [0.717, 1.165) is 32.1 Å². The number of sulfonamides is 1. The van der Waals surface area contributed by atoms with Crippen LogP contribution in [0.3, 0.4) is 0 Å². The Morgan fingerprint density at radius 2 is 1.84 bits per heavy atom. The molecular formula is C13H26N2O3S. The molecule has 1 saturated carbocycles. The zero-order valence-electron chi connectivity index (χ0n) is 11.6. The molecule has 112 valence electrons. The molecule has 1 unspecified atom stereocenters. The van der Waals surface area contributed by atoms with Crippen molar-refractivity contribution in [3.63, 3.8) is 0 Å². The lowest BCUT2D eigenvalue weighted by Crippen LogP contribution is -2.52. The zero-order valence-corrected chi connectivity index (χ0v) is 12.4. The minimum Gasteiger partial charge on any atom is -0.380 e. The second-order valence-electron chi connectivity index (χ2n) is 5.98. The highest BCUT2D eigenvalue weighted by molar-refractivity contribution is 7.90. The maximum absolute atomic E-state index is 12.2. The molecule has 2 fully saturated rings. The highest BCUT2D eigenvalue weighted by Crippen LogP contribution is 2.25. The van der Waals surface area contributed by atoms with Gasteiger partial charge in [-0.2, -0.15) is 0 Å². The third-order valence-electron chi connectivity index (χ3n) is 4.28. The van der Waals surface area contributed by atoms with Crippen LogP contribution in [-0.2, 0) is 14.8 Å². The molecule has 0 radical (unpaired) electrons. The Hall–Kier alpha value is -0.170. The van der Waals surface area contributed by atoms with Crippen LogP contribution >= 0.6 is 0 Å². The summed E-state index contributed by atoms with van der Waals surface area (Å²) in [5.74, 6) is 0. The van der Waals surface area contributed by atoms with Crippen molar-refractivity contribution in [1.82, 2.24) is 4.72 Å². The lowest BCUT2D eigenvalue weighted by molar-refractivity contribution is 0.0987. The molecule has 5 nitrogen and oxygen atoms in total. The summed E-state index contributed by atoms with van der Waals surface area (Å²) in [7, 11) is -3.29. The van der Waals surface area contributed by atoms with Crippen molar-refractivity contribution >= 4 is 10.0 Å². The van der Waals surface area contributed by atoms with Gasteiger partial charge in [0.15, 0.2) is 0 Å². The number of nitrogens with one attached hydrogen (secondary N) is 1. The molecular weight excluding hydrogens is 264 g/mol. The topological polar surface area (TPSA) is 81.4 Å². The summed E-state index contributed by atoms with van der Waals surface area (Å²) in [5, 5.41) is -0.407. The number of hydrogen-bond acceptors (Lipinski definition) is 4. The molecule has 1 aliphatic heterocycles. The second kappa shape index (κ2) is 6.52. The van der Waals surface area contributed by atoms with Gasteiger partial charge in [-0.05, 0) is 25.7 Å². The molecule has 1 atom stereocenters. The van der Waals surface area contributed by atoms with E-state index in [-0.39, 0.29) is 5.54 Å². The van der Waals surface area contributed by atoms with Gasteiger partial charge < -0.3 is 10.5 Å². The predicted octanol–water partition coefficient (Wildman–Crippen LogP) is 1.14. The fraction of sp³-hybridized carbons (Fsp3) is 1.00. The standard InChI is InChI=1S/C13H26N2O3S/c14-13(7-3-1-2-4-8-13)11-15-19(16,17)12-6-5-9-18-10-12/h12,15H,1-11,14H2. The molecule has 19 heavy (non-hydrogen) atoms. The zero-order chi connectivity index (χ0) is 13.8. The van der Waals surface area contributed by atoms with Crippen LogP contribution in [0.15, 0.2) is 0 Å². The number of nitrogens with two attached hydrogens (primary N) is 1. The first kappa shape index (κ1) is 15.2. The van der Waals surface area contributed by atoms with Crippen molar-refractivity contribution in [2.24, 2.45) is 5.73 Å². The molecule has 0 aromatic carbocycles. The van der Waals surface area contributed by atoms with E-state index in [1.165, 1.54) is 12.8 Å². The Labute approximate surface area is 116 Å². The van der Waals surface area contributed by atoms with E-state index >= 15 is 0 Å². The number of hydrogen-bond donors (Lipinski definition) is 2. The highest BCUT2D eigenvalue weighted by atomic mass is 32.2. The first-order valence-electron chi connectivity index (χ1n) is 7.37. The molecule has 0 bridgehead atoms. The molecule has 2 rings (SSSR count). The maximum Gasteiger partial charge on any atom is 0.216 e. The van der Waals surface area contributed by atoms with E-state index < -0.39 is 15.3 Å². The van der Waals surface area contributed by atoms with Gasteiger partial charge in [0.1, 0.15) is 0 Å². The lowest BCUT2D eigenvalue weighted by Gasteiger charge is -2.30. The molecule has 0 aromatic rings. The molecule has 6 heteroatoms. The van der Waals surface area contributed by atoms with E-state index in [1.54, 1.807) is 0 Å². The fourth-order valence-corrected chi connectivity index (χ4v) is 4.40. The summed E-state index contributed by atoms with van der Waals surface area (Å²) in [6, 6.07) is 0. The summed E-state index contributed by atoms with van der Waals surface area (Å²) < 4.78 is 32.4. The van der Waals surface area contributed by atoms with Crippen LogP contribution in [0.5, 0.6) is 0 Å². The van der Waals surface area contributed by atoms with Crippen LogP contribution in [0, 0.1) is 0 Å². The minimum atomic E-state index is -3.29. The lowest BCUT2D eigenvalue weighted by atomic mass is 9.92. The van der Waals surface area contributed by atoms with Crippen molar-refractivity contribution < 1.29 is 13.2 Å². The van der Waals surface area contributed by atoms with E-state index in [2.05, 4.69) is 4.72 Å². The highest BCUT2D eigenvalue weighted by Gasteiger charge is 2.32. The van der Waals surface area contributed by atoms with Gasteiger partial charge in [-0.1, -0.05) is 25.7 Å². The fourth-order valence-electron chi connectivity index (χ4n) is 2.93. The Kier molecular flexibility index (Phi) is 5.22. The quantitative estimate of drug-likeness (QED) is 0.761. The summed E-state index contributed by atoms with van der Waals surface area (Å²) in [5.41, 5.74) is 5.98. The van der Waals surface area contributed by atoms with E-state index in [4.69, 9.17) is 10.5 Å². The SMILES string of the molecule is NC1(CNS(=O)(=O)C2CCCOC2)CCCCCC1. The molecule has 0 spiro atoms. The first-order valence-corrected chi connectivity index (χ1v) is 8.92. The van der Waals surface area contributed by atoms with Gasteiger partial charge in [-0.25, -0.2) is 13.1 Å². The van der Waals surface area contributed by atoms with Gasteiger partial charge in [0.05, 0.1) is 11.9 Å². The average molecular weight is 290 g/mol. The van der Waals surface area contributed by atoms with Crippen molar-refractivity contribution in [3.8, 4) is 0 Å². The number of rotatable bonds is 4. The van der Waals surface area contributed by atoms with E-state index in [1.807, 2.05) is 0 Å². The van der Waals surface area contributed by atoms with Crippen LogP contribution in [0.25, 0.3) is 0 Å². The molecule has 1 heterocycles. The Balaban J connectivity index is 1.88.